The molecule has 0 spiro atoms. The van der Waals surface area contributed by atoms with E-state index in [0.29, 0.717) is 25.9 Å². The summed E-state index contributed by atoms with van der Waals surface area (Å²) >= 11 is 1.99. The van der Waals surface area contributed by atoms with Gasteiger partial charge in [0, 0.05) is 21.3 Å². The van der Waals surface area contributed by atoms with Crippen molar-refractivity contribution in [3.8, 4) is 11.4 Å². The van der Waals surface area contributed by atoms with E-state index in [9.17, 15) is 14.9 Å². The van der Waals surface area contributed by atoms with Crippen LogP contribution in [-0.2, 0) is 0 Å². The predicted octanol–water partition coefficient (Wildman–Crippen LogP) is 3.10. The maximum absolute atomic E-state index is 12.1. The molecule has 104 valence electrons. The van der Waals surface area contributed by atoms with Crippen molar-refractivity contribution >= 4 is 39.2 Å². The molecule has 21 heavy (non-hydrogen) atoms. The molecular formula is C14H8IN3O3. The molecule has 7 heteroatoms. The number of H-pyrrole nitrogens is 1. The van der Waals surface area contributed by atoms with Crippen LogP contribution in [-0.4, -0.2) is 14.9 Å². The Morgan fingerprint density at radius 1 is 1.19 bits per heavy atom. The van der Waals surface area contributed by atoms with Crippen LogP contribution in [0, 0.1) is 13.7 Å². The fraction of sp³-hybridized carbons (Fsp3) is 0. The van der Waals surface area contributed by atoms with Crippen molar-refractivity contribution in [1.29, 1.82) is 0 Å². The van der Waals surface area contributed by atoms with E-state index >= 15 is 0 Å². The summed E-state index contributed by atoms with van der Waals surface area (Å²) in [5, 5.41) is 11.3. The predicted molar refractivity (Wildman–Crippen MR) is 87.2 cm³/mol. The number of benzene rings is 2. The molecule has 0 amide bonds. The number of halogens is 1. The summed E-state index contributed by atoms with van der Waals surface area (Å²) in [5.74, 6) is 0.401. The summed E-state index contributed by atoms with van der Waals surface area (Å²) in [4.78, 5) is 29.5. The molecule has 0 aliphatic heterocycles. The molecular weight excluding hydrogens is 385 g/mol. The van der Waals surface area contributed by atoms with E-state index in [1.165, 1.54) is 12.1 Å². The second-order valence-electron chi connectivity index (χ2n) is 4.35. The number of fused-ring (bicyclic) bond motifs is 1. The number of aromatic amines is 1. The summed E-state index contributed by atoms with van der Waals surface area (Å²) in [5.41, 5.74) is 1.02. The molecule has 1 N–H and O–H groups in total. The van der Waals surface area contributed by atoms with Crippen LogP contribution in [0.5, 0.6) is 0 Å². The Balaban J connectivity index is 2.21. The van der Waals surface area contributed by atoms with Crippen molar-refractivity contribution in [2.75, 3.05) is 0 Å². The van der Waals surface area contributed by atoms with Crippen molar-refractivity contribution in [3.63, 3.8) is 0 Å². The Morgan fingerprint density at radius 3 is 2.67 bits per heavy atom. The lowest BCUT2D eigenvalue weighted by Gasteiger charge is -2.05. The number of hydrogen-bond acceptors (Lipinski definition) is 4. The number of rotatable bonds is 2. The highest BCUT2D eigenvalue weighted by Gasteiger charge is 2.13. The average Bonchev–Trinajstić information content (AvgIpc) is 2.47. The molecule has 0 atom stereocenters. The molecule has 0 fully saturated rings. The lowest BCUT2D eigenvalue weighted by molar-refractivity contribution is -0.384. The van der Waals surface area contributed by atoms with Crippen LogP contribution < -0.4 is 5.56 Å². The van der Waals surface area contributed by atoms with Crippen LogP contribution in [0.4, 0.5) is 5.69 Å². The van der Waals surface area contributed by atoms with Crippen molar-refractivity contribution in [2.45, 2.75) is 0 Å². The number of nitrogens with zero attached hydrogens (tertiary/aromatic N) is 2. The van der Waals surface area contributed by atoms with Crippen molar-refractivity contribution in [1.82, 2.24) is 9.97 Å². The summed E-state index contributed by atoms with van der Waals surface area (Å²) in [6.45, 7) is 0. The first kappa shape index (κ1) is 13.7. The molecule has 1 aromatic heterocycles. The topological polar surface area (TPSA) is 88.9 Å². The Morgan fingerprint density at radius 2 is 1.95 bits per heavy atom. The molecule has 0 bridgehead atoms. The smallest absolute Gasteiger partial charge is 0.270 e. The largest absolute Gasteiger partial charge is 0.306 e. The molecule has 0 aliphatic carbocycles. The summed E-state index contributed by atoms with van der Waals surface area (Å²) < 4.78 is 0.653. The molecule has 2 aromatic carbocycles. The quantitative estimate of drug-likeness (QED) is 0.412. The van der Waals surface area contributed by atoms with E-state index < -0.39 is 4.92 Å². The van der Waals surface area contributed by atoms with Gasteiger partial charge >= 0.3 is 0 Å². The van der Waals surface area contributed by atoms with Crippen LogP contribution in [0.1, 0.15) is 0 Å². The molecule has 1 heterocycles. The van der Waals surface area contributed by atoms with Crippen molar-refractivity contribution < 1.29 is 4.92 Å². The molecule has 3 aromatic rings. The van der Waals surface area contributed by atoms with E-state index in [4.69, 9.17) is 0 Å². The molecule has 3 rings (SSSR count). The number of nitrogens with one attached hydrogen (secondary N) is 1. The second kappa shape index (κ2) is 5.24. The number of nitro benzene ring substituents is 1. The highest BCUT2D eigenvalue weighted by atomic mass is 127. The van der Waals surface area contributed by atoms with Crippen LogP contribution >= 0.6 is 22.6 Å². The minimum Gasteiger partial charge on any atom is -0.306 e. The van der Waals surface area contributed by atoms with Gasteiger partial charge in [-0.25, -0.2) is 4.98 Å². The number of nitro groups is 1. The second-order valence-corrected chi connectivity index (χ2v) is 5.52. The zero-order valence-electron chi connectivity index (χ0n) is 10.5. The zero-order valence-corrected chi connectivity index (χ0v) is 12.7. The van der Waals surface area contributed by atoms with E-state index in [0.717, 1.165) is 0 Å². The van der Waals surface area contributed by atoms with Gasteiger partial charge in [0.15, 0.2) is 0 Å². The fourth-order valence-corrected chi connectivity index (χ4v) is 2.78. The maximum atomic E-state index is 12.1. The molecule has 0 radical (unpaired) electrons. The SMILES string of the molecule is O=c1[nH]c(-c2ccc([N+](=O)[O-])cc2I)nc2ccccc12. The third-order valence-corrected chi connectivity index (χ3v) is 3.92. The standard InChI is InChI=1S/C14H8IN3O3/c15-11-7-8(18(20)21)5-6-9(11)13-16-12-4-2-1-3-10(12)14(19)17-13/h1-7H,(H,16,17,19). The van der Waals surface area contributed by atoms with Crippen LogP contribution in [0.25, 0.3) is 22.3 Å². The Hall–Kier alpha value is -2.29. The summed E-state index contributed by atoms with van der Waals surface area (Å²) in [6, 6.07) is 11.5. The van der Waals surface area contributed by atoms with Crippen LogP contribution in [0.15, 0.2) is 47.3 Å². The van der Waals surface area contributed by atoms with Gasteiger partial charge in [-0.05, 0) is 40.8 Å². The van der Waals surface area contributed by atoms with Crippen molar-refractivity contribution in [2.24, 2.45) is 0 Å². The zero-order chi connectivity index (χ0) is 15.0. The van der Waals surface area contributed by atoms with Gasteiger partial charge in [0.25, 0.3) is 11.2 Å². The van der Waals surface area contributed by atoms with Gasteiger partial charge in [-0.15, -0.1) is 0 Å². The fourth-order valence-electron chi connectivity index (χ4n) is 2.02. The van der Waals surface area contributed by atoms with Gasteiger partial charge in [-0.2, -0.15) is 0 Å². The minimum atomic E-state index is -0.456. The first-order valence-electron chi connectivity index (χ1n) is 5.99. The van der Waals surface area contributed by atoms with Gasteiger partial charge < -0.3 is 4.98 Å². The lowest BCUT2D eigenvalue weighted by atomic mass is 10.2. The van der Waals surface area contributed by atoms with E-state index in [1.54, 1.807) is 30.3 Å². The summed E-state index contributed by atoms with van der Waals surface area (Å²) in [7, 11) is 0. The Bertz CT molecular complexity index is 921. The number of para-hydroxylation sites is 1. The molecule has 0 unspecified atom stereocenters. The average molecular weight is 393 g/mol. The van der Waals surface area contributed by atoms with Crippen LogP contribution in [0.2, 0.25) is 0 Å². The molecule has 0 saturated heterocycles. The van der Waals surface area contributed by atoms with Gasteiger partial charge in [0.05, 0.1) is 15.8 Å². The number of aromatic nitrogens is 2. The third kappa shape index (κ3) is 2.51. The lowest BCUT2D eigenvalue weighted by Crippen LogP contribution is -2.09. The Kier molecular flexibility index (Phi) is 3.42. The first-order chi connectivity index (χ1) is 10.1. The van der Waals surface area contributed by atoms with Gasteiger partial charge in [0.1, 0.15) is 5.82 Å². The van der Waals surface area contributed by atoms with Crippen LogP contribution in [0.3, 0.4) is 0 Å². The first-order valence-corrected chi connectivity index (χ1v) is 7.07. The Labute approximate surface area is 132 Å². The van der Waals surface area contributed by atoms with E-state index in [-0.39, 0.29) is 11.2 Å². The normalized spacial score (nSPS) is 10.7. The number of non-ortho nitro benzene ring substituents is 1. The minimum absolute atomic E-state index is 0.00582. The molecule has 0 aliphatic rings. The molecule has 0 saturated carbocycles. The monoisotopic (exact) mass is 393 g/mol. The number of hydrogen-bond donors (Lipinski definition) is 1. The van der Waals surface area contributed by atoms with Crippen molar-refractivity contribution in [3.05, 3.63) is 66.5 Å². The van der Waals surface area contributed by atoms with Gasteiger partial charge in [-0.1, -0.05) is 12.1 Å². The molecule has 6 nitrogen and oxygen atoms in total. The highest BCUT2D eigenvalue weighted by molar-refractivity contribution is 14.1. The van der Waals surface area contributed by atoms with Gasteiger partial charge in [-0.3, -0.25) is 14.9 Å². The third-order valence-electron chi connectivity index (χ3n) is 3.03. The maximum Gasteiger partial charge on any atom is 0.270 e. The highest BCUT2D eigenvalue weighted by Crippen LogP contribution is 2.26. The van der Waals surface area contributed by atoms with E-state index in [2.05, 4.69) is 9.97 Å². The summed E-state index contributed by atoms with van der Waals surface area (Å²) in [6.07, 6.45) is 0. The van der Waals surface area contributed by atoms with E-state index in [1.807, 2.05) is 22.6 Å². The van der Waals surface area contributed by atoms with Gasteiger partial charge in [0.2, 0.25) is 0 Å².